The van der Waals surface area contributed by atoms with E-state index in [0.29, 0.717) is 12.2 Å². The van der Waals surface area contributed by atoms with E-state index in [9.17, 15) is 5.26 Å². The minimum Gasteiger partial charge on any atom is -0.370 e. The number of morpholine rings is 1. The van der Waals surface area contributed by atoms with Crippen molar-refractivity contribution in [1.82, 2.24) is 4.98 Å². The third-order valence-electron chi connectivity index (χ3n) is 3.81. The zero-order valence-corrected chi connectivity index (χ0v) is 12.0. The van der Waals surface area contributed by atoms with E-state index < -0.39 is 0 Å². The fraction of sp³-hybridized carbons (Fsp3) is 0.294. The van der Waals surface area contributed by atoms with Gasteiger partial charge in [-0.3, -0.25) is 0 Å². The lowest BCUT2D eigenvalue weighted by atomic mass is 10.0. The molecule has 2 aromatic rings. The van der Waals surface area contributed by atoms with Crippen molar-refractivity contribution in [2.45, 2.75) is 13.0 Å². The quantitative estimate of drug-likeness (QED) is 0.848. The molecular formula is C17H17N3O. The van der Waals surface area contributed by atoms with E-state index in [1.165, 1.54) is 11.1 Å². The van der Waals surface area contributed by atoms with Gasteiger partial charge >= 0.3 is 0 Å². The number of aryl methyl sites for hydroxylation is 1. The highest BCUT2D eigenvalue weighted by Gasteiger charge is 2.25. The molecule has 1 atom stereocenters. The Hall–Kier alpha value is -2.38. The van der Waals surface area contributed by atoms with Crippen LogP contribution < -0.4 is 4.90 Å². The summed E-state index contributed by atoms with van der Waals surface area (Å²) in [7, 11) is 0. The van der Waals surface area contributed by atoms with Crippen molar-refractivity contribution in [1.29, 1.82) is 5.26 Å². The summed E-state index contributed by atoms with van der Waals surface area (Å²) in [6, 6.07) is 14.1. The number of anilines is 1. The normalized spacial score (nSPS) is 18.3. The number of rotatable bonds is 2. The SMILES string of the molecule is Cc1ccccc1C1CN(c2ncccc2C#N)CCO1. The molecule has 0 aliphatic carbocycles. The molecule has 1 aliphatic rings. The lowest BCUT2D eigenvalue weighted by Crippen LogP contribution is -2.39. The van der Waals surface area contributed by atoms with Gasteiger partial charge in [-0.2, -0.15) is 5.26 Å². The van der Waals surface area contributed by atoms with E-state index in [2.05, 4.69) is 35.0 Å². The van der Waals surface area contributed by atoms with Crippen LogP contribution in [0, 0.1) is 18.3 Å². The number of nitrogens with zero attached hydrogens (tertiary/aromatic N) is 3. The number of benzene rings is 1. The van der Waals surface area contributed by atoms with Crippen LogP contribution in [-0.4, -0.2) is 24.7 Å². The van der Waals surface area contributed by atoms with E-state index in [1.54, 1.807) is 18.3 Å². The highest BCUT2D eigenvalue weighted by atomic mass is 16.5. The third kappa shape index (κ3) is 2.74. The first-order valence-electron chi connectivity index (χ1n) is 7.07. The first kappa shape index (κ1) is 13.6. The molecule has 0 spiro atoms. The van der Waals surface area contributed by atoms with E-state index >= 15 is 0 Å². The first-order chi connectivity index (χ1) is 10.3. The molecule has 0 amide bonds. The number of pyridine rings is 1. The lowest BCUT2D eigenvalue weighted by Gasteiger charge is -2.34. The average Bonchev–Trinajstić information content (AvgIpc) is 2.55. The van der Waals surface area contributed by atoms with Gasteiger partial charge in [0.05, 0.1) is 12.2 Å². The Morgan fingerprint density at radius 2 is 2.14 bits per heavy atom. The number of aromatic nitrogens is 1. The van der Waals surface area contributed by atoms with Gasteiger partial charge in [0, 0.05) is 19.3 Å². The van der Waals surface area contributed by atoms with Crippen LogP contribution in [0.2, 0.25) is 0 Å². The summed E-state index contributed by atoms with van der Waals surface area (Å²) < 4.78 is 5.92. The Balaban J connectivity index is 1.87. The number of nitriles is 1. The van der Waals surface area contributed by atoms with Gasteiger partial charge in [0.25, 0.3) is 0 Å². The predicted molar refractivity (Wildman–Crippen MR) is 81.0 cm³/mol. The van der Waals surface area contributed by atoms with Gasteiger partial charge in [0.15, 0.2) is 0 Å². The summed E-state index contributed by atoms with van der Waals surface area (Å²) >= 11 is 0. The minimum absolute atomic E-state index is 0.0218. The van der Waals surface area contributed by atoms with Gasteiger partial charge in [-0.05, 0) is 30.2 Å². The van der Waals surface area contributed by atoms with E-state index in [4.69, 9.17) is 4.74 Å². The van der Waals surface area contributed by atoms with Crippen LogP contribution >= 0.6 is 0 Å². The number of hydrogen-bond donors (Lipinski definition) is 0. The zero-order valence-electron chi connectivity index (χ0n) is 12.0. The Kier molecular flexibility index (Phi) is 3.85. The molecule has 0 saturated carbocycles. The monoisotopic (exact) mass is 279 g/mol. The van der Waals surface area contributed by atoms with Gasteiger partial charge < -0.3 is 9.64 Å². The maximum absolute atomic E-state index is 9.23. The van der Waals surface area contributed by atoms with E-state index in [1.807, 2.05) is 12.1 Å². The van der Waals surface area contributed by atoms with Crippen LogP contribution in [0.4, 0.5) is 5.82 Å². The van der Waals surface area contributed by atoms with Crippen LogP contribution in [0.15, 0.2) is 42.6 Å². The molecule has 4 nitrogen and oxygen atoms in total. The van der Waals surface area contributed by atoms with Crippen LogP contribution in [0.3, 0.4) is 0 Å². The molecule has 0 bridgehead atoms. The molecule has 1 aliphatic heterocycles. The molecule has 1 unspecified atom stereocenters. The Morgan fingerprint density at radius 1 is 1.29 bits per heavy atom. The zero-order chi connectivity index (χ0) is 14.7. The molecule has 0 N–H and O–H groups in total. The fourth-order valence-corrected chi connectivity index (χ4v) is 2.71. The van der Waals surface area contributed by atoms with E-state index in [-0.39, 0.29) is 6.10 Å². The number of ether oxygens (including phenoxy) is 1. The minimum atomic E-state index is 0.0218. The topological polar surface area (TPSA) is 49.2 Å². The Morgan fingerprint density at radius 3 is 2.95 bits per heavy atom. The largest absolute Gasteiger partial charge is 0.370 e. The summed E-state index contributed by atoms with van der Waals surface area (Å²) in [6.07, 6.45) is 1.75. The summed E-state index contributed by atoms with van der Waals surface area (Å²) in [5.74, 6) is 0.752. The van der Waals surface area contributed by atoms with Crippen molar-refractivity contribution in [3.63, 3.8) is 0 Å². The molecule has 2 heterocycles. The third-order valence-corrected chi connectivity index (χ3v) is 3.81. The predicted octanol–water partition coefficient (Wildman–Crippen LogP) is 2.84. The van der Waals surface area contributed by atoms with Crippen LogP contribution in [-0.2, 0) is 4.74 Å². The molecule has 4 heteroatoms. The molecule has 106 valence electrons. The first-order valence-corrected chi connectivity index (χ1v) is 7.07. The molecule has 1 aromatic carbocycles. The Bertz CT molecular complexity index is 678. The summed E-state index contributed by atoms with van der Waals surface area (Å²) in [4.78, 5) is 6.51. The molecule has 21 heavy (non-hydrogen) atoms. The average molecular weight is 279 g/mol. The highest BCUT2D eigenvalue weighted by molar-refractivity contribution is 5.54. The van der Waals surface area contributed by atoms with Crippen molar-refractivity contribution in [2.75, 3.05) is 24.6 Å². The second-order valence-corrected chi connectivity index (χ2v) is 5.15. The second kappa shape index (κ2) is 5.94. The fourth-order valence-electron chi connectivity index (χ4n) is 2.71. The molecule has 1 aromatic heterocycles. The van der Waals surface area contributed by atoms with Crippen molar-refractivity contribution in [3.8, 4) is 6.07 Å². The second-order valence-electron chi connectivity index (χ2n) is 5.15. The summed E-state index contributed by atoms with van der Waals surface area (Å²) in [6.45, 7) is 4.21. The standard InChI is InChI=1S/C17H17N3O/c1-13-5-2-3-7-15(13)16-12-20(9-10-21-16)17-14(11-18)6-4-8-19-17/h2-8,16H,9-10,12H2,1H3. The Labute approximate surface area is 124 Å². The molecular weight excluding hydrogens is 262 g/mol. The van der Waals surface area contributed by atoms with Gasteiger partial charge in [0.1, 0.15) is 18.0 Å². The van der Waals surface area contributed by atoms with Gasteiger partial charge in [-0.1, -0.05) is 24.3 Å². The van der Waals surface area contributed by atoms with Crippen LogP contribution in [0.5, 0.6) is 0 Å². The molecule has 0 radical (unpaired) electrons. The van der Waals surface area contributed by atoms with Crippen molar-refractivity contribution in [2.24, 2.45) is 0 Å². The molecule has 3 rings (SSSR count). The number of hydrogen-bond acceptors (Lipinski definition) is 4. The van der Waals surface area contributed by atoms with Crippen LogP contribution in [0.25, 0.3) is 0 Å². The highest BCUT2D eigenvalue weighted by Crippen LogP contribution is 2.28. The maximum atomic E-state index is 9.23. The lowest BCUT2D eigenvalue weighted by molar-refractivity contribution is 0.0391. The van der Waals surface area contributed by atoms with E-state index in [0.717, 1.165) is 18.9 Å². The molecule has 1 fully saturated rings. The van der Waals surface area contributed by atoms with Gasteiger partial charge in [0.2, 0.25) is 0 Å². The maximum Gasteiger partial charge on any atom is 0.146 e. The van der Waals surface area contributed by atoms with Gasteiger partial charge in [-0.15, -0.1) is 0 Å². The smallest absolute Gasteiger partial charge is 0.146 e. The van der Waals surface area contributed by atoms with Crippen molar-refractivity contribution >= 4 is 5.82 Å². The summed E-state index contributed by atoms with van der Waals surface area (Å²) in [5.41, 5.74) is 3.05. The van der Waals surface area contributed by atoms with Crippen molar-refractivity contribution < 1.29 is 4.74 Å². The van der Waals surface area contributed by atoms with Crippen molar-refractivity contribution in [3.05, 3.63) is 59.3 Å². The summed E-state index contributed by atoms with van der Waals surface area (Å²) in [5, 5.41) is 9.23. The van der Waals surface area contributed by atoms with Crippen LogP contribution in [0.1, 0.15) is 22.8 Å². The molecule has 1 saturated heterocycles. The van der Waals surface area contributed by atoms with Gasteiger partial charge in [-0.25, -0.2) is 4.98 Å².